The van der Waals surface area contributed by atoms with Crippen LogP contribution in [0.2, 0.25) is 0 Å². The van der Waals surface area contributed by atoms with E-state index in [1.807, 2.05) is 0 Å². The number of carbonyl (C=O) groups is 2. The molecule has 120 valence electrons. The van der Waals surface area contributed by atoms with Gasteiger partial charge in [0.05, 0.1) is 5.56 Å². The Bertz CT molecular complexity index is 742. The molecule has 0 aliphatic carbocycles. The third-order valence-corrected chi connectivity index (χ3v) is 2.89. The summed E-state index contributed by atoms with van der Waals surface area (Å²) in [7, 11) is 0. The van der Waals surface area contributed by atoms with Gasteiger partial charge < -0.3 is 10.1 Å². The van der Waals surface area contributed by atoms with E-state index in [1.54, 1.807) is 6.92 Å². The van der Waals surface area contributed by atoms with Gasteiger partial charge in [-0.25, -0.2) is 18.0 Å². The van der Waals surface area contributed by atoms with E-state index in [9.17, 15) is 22.8 Å². The van der Waals surface area contributed by atoms with Crippen LogP contribution in [0.5, 0.6) is 0 Å². The highest BCUT2D eigenvalue weighted by Gasteiger charge is 2.13. The molecule has 0 spiro atoms. The predicted molar refractivity (Wildman–Crippen MR) is 76.4 cm³/mol. The van der Waals surface area contributed by atoms with Gasteiger partial charge in [-0.15, -0.1) is 0 Å². The van der Waals surface area contributed by atoms with E-state index < -0.39 is 35.9 Å². The Morgan fingerprint density at radius 3 is 2.30 bits per heavy atom. The highest BCUT2D eigenvalue weighted by Crippen LogP contribution is 2.13. The first-order chi connectivity index (χ1) is 10.8. The van der Waals surface area contributed by atoms with Crippen molar-refractivity contribution in [1.82, 2.24) is 0 Å². The van der Waals surface area contributed by atoms with Crippen LogP contribution in [0.15, 0.2) is 36.4 Å². The Balaban J connectivity index is 1.93. The van der Waals surface area contributed by atoms with Crippen LogP contribution < -0.4 is 5.32 Å². The molecule has 0 aliphatic rings. The molecule has 0 bridgehead atoms. The first kappa shape index (κ1) is 16.5. The van der Waals surface area contributed by atoms with Crippen LogP contribution in [0.3, 0.4) is 0 Å². The highest BCUT2D eigenvalue weighted by molar-refractivity contribution is 5.95. The van der Waals surface area contributed by atoms with Crippen molar-refractivity contribution in [2.75, 3.05) is 11.9 Å². The molecule has 0 heterocycles. The number of ether oxygens (including phenoxy) is 1. The third-order valence-electron chi connectivity index (χ3n) is 2.89. The van der Waals surface area contributed by atoms with Crippen molar-refractivity contribution in [3.05, 3.63) is 65.0 Å². The van der Waals surface area contributed by atoms with E-state index in [1.165, 1.54) is 12.1 Å². The van der Waals surface area contributed by atoms with Crippen molar-refractivity contribution in [3.63, 3.8) is 0 Å². The lowest BCUT2D eigenvalue weighted by Gasteiger charge is -2.07. The minimum absolute atomic E-state index is 0.200. The molecule has 2 rings (SSSR count). The fraction of sp³-hybridized carbons (Fsp3) is 0.125. The summed E-state index contributed by atoms with van der Waals surface area (Å²) in [5.74, 6) is -4.12. The summed E-state index contributed by atoms with van der Waals surface area (Å²) in [5.41, 5.74) is 0.269. The Hall–Kier alpha value is -2.83. The van der Waals surface area contributed by atoms with Crippen molar-refractivity contribution < 1.29 is 27.5 Å². The molecule has 0 aromatic heterocycles. The maximum Gasteiger partial charge on any atom is 0.338 e. The fourth-order valence-electron chi connectivity index (χ4n) is 1.75. The topological polar surface area (TPSA) is 55.4 Å². The third kappa shape index (κ3) is 4.57. The molecule has 0 radical (unpaired) electrons. The van der Waals surface area contributed by atoms with E-state index in [0.717, 1.165) is 18.2 Å². The monoisotopic (exact) mass is 323 g/mol. The van der Waals surface area contributed by atoms with E-state index in [0.29, 0.717) is 11.6 Å². The van der Waals surface area contributed by atoms with Crippen LogP contribution in [0.4, 0.5) is 18.9 Å². The van der Waals surface area contributed by atoms with Crippen molar-refractivity contribution in [1.29, 1.82) is 0 Å². The number of carbonyl (C=O) groups excluding carboxylic acids is 2. The molecular formula is C16H12F3NO3. The molecule has 0 fully saturated rings. The quantitative estimate of drug-likeness (QED) is 0.879. The minimum atomic E-state index is -1.05. The van der Waals surface area contributed by atoms with Crippen LogP contribution >= 0.6 is 0 Å². The second-order valence-corrected chi connectivity index (χ2v) is 4.75. The molecule has 0 unspecified atom stereocenters. The number of aryl methyl sites for hydroxylation is 1. The van der Waals surface area contributed by atoms with Gasteiger partial charge in [0.15, 0.2) is 6.61 Å². The summed E-state index contributed by atoms with van der Waals surface area (Å²) in [6, 6.07) is 6.27. The first-order valence-electron chi connectivity index (χ1n) is 6.54. The summed E-state index contributed by atoms with van der Waals surface area (Å²) in [6.45, 7) is 0.896. The lowest BCUT2D eigenvalue weighted by atomic mass is 10.2. The molecule has 0 saturated carbocycles. The predicted octanol–water partition coefficient (Wildman–Crippen LogP) is 3.21. The first-order valence-corrected chi connectivity index (χ1v) is 6.54. The van der Waals surface area contributed by atoms with Gasteiger partial charge in [-0.1, -0.05) is 6.07 Å². The lowest BCUT2D eigenvalue weighted by Crippen LogP contribution is -2.21. The van der Waals surface area contributed by atoms with Crippen LogP contribution in [0.1, 0.15) is 15.9 Å². The number of esters is 1. The van der Waals surface area contributed by atoms with Crippen molar-refractivity contribution in [3.8, 4) is 0 Å². The van der Waals surface area contributed by atoms with E-state index in [2.05, 4.69) is 10.1 Å². The number of halogens is 3. The number of benzene rings is 2. The molecule has 23 heavy (non-hydrogen) atoms. The number of hydrogen-bond donors (Lipinski definition) is 1. The zero-order chi connectivity index (χ0) is 17.0. The summed E-state index contributed by atoms with van der Waals surface area (Å²) >= 11 is 0. The molecule has 1 amide bonds. The van der Waals surface area contributed by atoms with Crippen LogP contribution in [0, 0.1) is 24.4 Å². The number of nitrogens with one attached hydrogen (secondary N) is 1. The molecule has 0 saturated heterocycles. The van der Waals surface area contributed by atoms with Gasteiger partial charge >= 0.3 is 5.97 Å². The average Bonchev–Trinajstić information content (AvgIpc) is 2.47. The Labute approximate surface area is 129 Å². The Kier molecular flexibility index (Phi) is 5.00. The fourth-order valence-corrected chi connectivity index (χ4v) is 1.75. The van der Waals surface area contributed by atoms with E-state index >= 15 is 0 Å². The molecule has 7 heteroatoms. The maximum atomic E-state index is 13.3. The largest absolute Gasteiger partial charge is 0.452 e. The number of rotatable bonds is 4. The second kappa shape index (κ2) is 6.95. The summed E-state index contributed by atoms with van der Waals surface area (Å²) in [5, 5.41) is 2.34. The van der Waals surface area contributed by atoms with Crippen molar-refractivity contribution in [2.45, 2.75) is 6.92 Å². The van der Waals surface area contributed by atoms with E-state index in [-0.39, 0.29) is 11.3 Å². The second-order valence-electron chi connectivity index (χ2n) is 4.75. The van der Waals surface area contributed by atoms with Gasteiger partial charge in [0.2, 0.25) is 0 Å². The molecule has 0 aliphatic heterocycles. The molecule has 4 nitrogen and oxygen atoms in total. The minimum Gasteiger partial charge on any atom is -0.452 e. The molecule has 0 atom stereocenters. The van der Waals surface area contributed by atoms with Gasteiger partial charge in [0.25, 0.3) is 5.91 Å². The highest BCUT2D eigenvalue weighted by atomic mass is 19.1. The van der Waals surface area contributed by atoms with E-state index in [4.69, 9.17) is 0 Å². The molecule has 2 aromatic rings. The van der Waals surface area contributed by atoms with Crippen molar-refractivity contribution >= 4 is 17.6 Å². The Morgan fingerprint density at radius 2 is 1.70 bits per heavy atom. The number of anilines is 1. The van der Waals surface area contributed by atoms with Gasteiger partial charge in [0.1, 0.15) is 17.5 Å². The molecule has 1 N–H and O–H groups in total. The average molecular weight is 323 g/mol. The zero-order valence-electron chi connectivity index (χ0n) is 12.0. The van der Waals surface area contributed by atoms with Crippen molar-refractivity contribution in [2.24, 2.45) is 0 Å². The van der Waals surface area contributed by atoms with Crippen LogP contribution in [-0.4, -0.2) is 18.5 Å². The van der Waals surface area contributed by atoms with Gasteiger partial charge in [-0.05, 0) is 36.8 Å². The van der Waals surface area contributed by atoms with Crippen LogP contribution in [0.25, 0.3) is 0 Å². The zero-order valence-corrected chi connectivity index (χ0v) is 12.0. The number of amides is 1. The molecular weight excluding hydrogens is 311 g/mol. The molecule has 2 aromatic carbocycles. The van der Waals surface area contributed by atoms with Gasteiger partial charge in [-0.3, -0.25) is 4.79 Å². The summed E-state index contributed by atoms with van der Waals surface area (Å²) in [6.07, 6.45) is 0. The van der Waals surface area contributed by atoms with Crippen LogP contribution in [-0.2, 0) is 9.53 Å². The lowest BCUT2D eigenvalue weighted by molar-refractivity contribution is -0.119. The smallest absolute Gasteiger partial charge is 0.338 e. The SMILES string of the molecule is Cc1ccc(NC(=O)COC(=O)c2cc(F)cc(F)c2)cc1F. The Morgan fingerprint density at radius 1 is 1.04 bits per heavy atom. The van der Waals surface area contributed by atoms with Gasteiger partial charge in [0, 0.05) is 11.8 Å². The van der Waals surface area contributed by atoms with Gasteiger partial charge in [-0.2, -0.15) is 0 Å². The summed E-state index contributed by atoms with van der Waals surface area (Å²) < 4.78 is 43.9. The normalized spacial score (nSPS) is 10.3. The maximum absolute atomic E-state index is 13.3. The standard InChI is InChI=1S/C16H12F3NO3/c1-9-2-3-13(7-14(9)19)20-15(21)8-23-16(22)10-4-11(17)6-12(18)5-10/h2-7H,8H2,1H3,(H,20,21). The summed E-state index contributed by atoms with van der Waals surface area (Å²) in [4.78, 5) is 23.2. The number of hydrogen-bond acceptors (Lipinski definition) is 3.